The van der Waals surface area contributed by atoms with Gasteiger partial charge < -0.3 is 10.1 Å². The summed E-state index contributed by atoms with van der Waals surface area (Å²) in [6.07, 6.45) is 1.06. The Bertz CT molecular complexity index is 384. The molecule has 0 amide bonds. The van der Waals surface area contributed by atoms with Crippen LogP contribution < -0.4 is 10.1 Å². The minimum Gasteiger partial charge on any atom is -0.497 e. The van der Waals surface area contributed by atoms with Crippen LogP contribution in [0.2, 0.25) is 0 Å². The molecule has 1 aromatic rings. The molecular formula is C15H24N2O. The van der Waals surface area contributed by atoms with E-state index in [0.29, 0.717) is 0 Å². The van der Waals surface area contributed by atoms with Crippen LogP contribution in [0.3, 0.4) is 0 Å². The Balaban J connectivity index is 2.05. The maximum atomic E-state index is 5.29. The lowest BCUT2D eigenvalue weighted by Crippen LogP contribution is -2.54. The predicted octanol–water partition coefficient (Wildman–Crippen LogP) is 1.92. The summed E-state index contributed by atoms with van der Waals surface area (Å²) in [4.78, 5) is 2.57. The number of hydrogen-bond donors (Lipinski definition) is 1. The van der Waals surface area contributed by atoms with Crippen LogP contribution in [0.15, 0.2) is 24.3 Å². The molecule has 1 N–H and O–H groups in total. The highest BCUT2D eigenvalue weighted by molar-refractivity contribution is 5.29. The summed E-state index contributed by atoms with van der Waals surface area (Å²) in [5, 5.41) is 3.41. The van der Waals surface area contributed by atoms with Crippen molar-refractivity contribution in [2.45, 2.75) is 25.8 Å². The monoisotopic (exact) mass is 248 g/mol. The Labute approximate surface area is 110 Å². The molecule has 1 fully saturated rings. The van der Waals surface area contributed by atoms with Crippen molar-refractivity contribution < 1.29 is 4.74 Å². The van der Waals surface area contributed by atoms with Crippen LogP contribution in [0, 0.1) is 0 Å². The average Bonchev–Trinajstić information content (AvgIpc) is 2.39. The minimum atomic E-state index is 0.203. The van der Waals surface area contributed by atoms with Crippen LogP contribution in [0.4, 0.5) is 0 Å². The van der Waals surface area contributed by atoms with E-state index in [1.165, 1.54) is 5.56 Å². The zero-order chi connectivity index (χ0) is 13.0. The molecule has 1 aromatic carbocycles. The molecule has 0 aliphatic carbocycles. The molecule has 1 saturated heterocycles. The Hall–Kier alpha value is -1.06. The molecule has 100 valence electrons. The van der Waals surface area contributed by atoms with E-state index in [9.17, 15) is 0 Å². The molecule has 0 radical (unpaired) electrons. The lowest BCUT2D eigenvalue weighted by Gasteiger charge is -2.41. The topological polar surface area (TPSA) is 24.5 Å². The normalized spacial score (nSPS) is 17.7. The number of nitrogens with zero attached hydrogens (tertiary/aromatic N) is 1. The van der Waals surface area contributed by atoms with Gasteiger partial charge in [-0.1, -0.05) is 12.1 Å². The number of hydrogen-bond acceptors (Lipinski definition) is 3. The van der Waals surface area contributed by atoms with E-state index in [0.717, 1.165) is 38.3 Å². The smallest absolute Gasteiger partial charge is 0.119 e. The zero-order valence-corrected chi connectivity index (χ0v) is 11.7. The lowest BCUT2D eigenvalue weighted by atomic mass is 9.92. The molecule has 3 nitrogen and oxygen atoms in total. The summed E-state index contributed by atoms with van der Waals surface area (Å²) in [6, 6.07) is 8.40. The molecule has 2 rings (SSSR count). The van der Waals surface area contributed by atoms with Gasteiger partial charge in [0, 0.05) is 31.7 Å². The summed E-state index contributed by atoms with van der Waals surface area (Å²) in [7, 11) is 1.72. The molecule has 0 spiro atoms. The maximum absolute atomic E-state index is 5.29. The van der Waals surface area contributed by atoms with Gasteiger partial charge >= 0.3 is 0 Å². The van der Waals surface area contributed by atoms with Crippen molar-refractivity contribution in [1.29, 1.82) is 0 Å². The fourth-order valence-electron chi connectivity index (χ4n) is 2.66. The van der Waals surface area contributed by atoms with Gasteiger partial charge in [0.05, 0.1) is 7.11 Å². The fourth-order valence-corrected chi connectivity index (χ4v) is 2.66. The Morgan fingerprint density at radius 3 is 2.67 bits per heavy atom. The van der Waals surface area contributed by atoms with Gasteiger partial charge in [0.15, 0.2) is 0 Å². The summed E-state index contributed by atoms with van der Waals surface area (Å²) in [5.41, 5.74) is 1.55. The lowest BCUT2D eigenvalue weighted by molar-refractivity contribution is 0.103. The van der Waals surface area contributed by atoms with E-state index in [1.807, 2.05) is 6.07 Å². The molecular weight excluding hydrogens is 224 g/mol. The van der Waals surface area contributed by atoms with Crippen LogP contribution >= 0.6 is 0 Å². The Kier molecular flexibility index (Phi) is 4.25. The number of benzene rings is 1. The van der Waals surface area contributed by atoms with Crippen LogP contribution in [-0.2, 0) is 6.42 Å². The highest BCUT2D eigenvalue weighted by Crippen LogP contribution is 2.23. The van der Waals surface area contributed by atoms with Crippen molar-refractivity contribution in [1.82, 2.24) is 10.2 Å². The number of piperazine rings is 1. The molecule has 0 aromatic heterocycles. The first-order valence-electron chi connectivity index (χ1n) is 6.70. The second-order valence-corrected chi connectivity index (χ2v) is 5.58. The van der Waals surface area contributed by atoms with Crippen molar-refractivity contribution in [2.24, 2.45) is 0 Å². The maximum Gasteiger partial charge on any atom is 0.119 e. The van der Waals surface area contributed by atoms with Crippen LogP contribution in [0.25, 0.3) is 0 Å². The van der Waals surface area contributed by atoms with Crippen molar-refractivity contribution in [3.8, 4) is 5.75 Å². The molecule has 18 heavy (non-hydrogen) atoms. The first-order valence-corrected chi connectivity index (χ1v) is 6.70. The van der Waals surface area contributed by atoms with E-state index in [4.69, 9.17) is 4.74 Å². The molecule has 0 bridgehead atoms. The fraction of sp³-hybridized carbons (Fsp3) is 0.600. The Morgan fingerprint density at radius 1 is 1.28 bits per heavy atom. The van der Waals surface area contributed by atoms with Crippen LogP contribution in [0.1, 0.15) is 19.4 Å². The van der Waals surface area contributed by atoms with E-state index >= 15 is 0 Å². The predicted molar refractivity (Wildman–Crippen MR) is 75.2 cm³/mol. The number of ether oxygens (including phenoxy) is 1. The highest BCUT2D eigenvalue weighted by Gasteiger charge is 2.27. The highest BCUT2D eigenvalue weighted by atomic mass is 16.5. The molecule has 0 atom stereocenters. The molecule has 1 aliphatic rings. The number of methoxy groups -OCH3 is 1. The van der Waals surface area contributed by atoms with Crippen molar-refractivity contribution in [3.05, 3.63) is 29.8 Å². The van der Waals surface area contributed by atoms with Crippen molar-refractivity contribution >= 4 is 0 Å². The quantitative estimate of drug-likeness (QED) is 0.881. The van der Waals surface area contributed by atoms with Gasteiger partial charge in [0.1, 0.15) is 5.75 Å². The molecule has 1 aliphatic heterocycles. The largest absolute Gasteiger partial charge is 0.497 e. The molecule has 1 heterocycles. The van der Waals surface area contributed by atoms with Crippen LogP contribution in [-0.4, -0.2) is 43.7 Å². The first kappa shape index (κ1) is 13.4. The minimum absolute atomic E-state index is 0.203. The van der Waals surface area contributed by atoms with E-state index in [1.54, 1.807) is 7.11 Å². The average molecular weight is 248 g/mol. The van der Waals surface area contributed by atoms with Gasteiger partial charge in [0.2, 0.25) is 0 Å². The van der Waals surface area contributed by atoms with E-state index < -0.39 is 0 Å². The van der Waals surface area contributed by atoms with Crippen molar-refractivity contribution in [3.63, 3.8) is 0 Å². The molecule has 3 heteroatoms. The third-order valence-electron chi connectivity index (χ3n) is 3.74. The molecule has 0 unspecified atom stereocenters. The van der Waals surface area contributed by atoms with Gasteiger partial charge in [-0.3, -0.25) is 4.90 Å². The zero-order valence-electron chi connectivity index (χ0n) is 11.7. The van der Waals surface area contributed by atoms with Crippen LogP contribution in [0.5, 0.6) is 5.75 Å². The van der Waals surface area contributed by atoms with Gasteiger partial charge in [-0.15, -0.1) is 0 Å². The van der Waals surface area contributed by atoms with Gasteiger partial charge in [-0.25, -0.2) is 0 Å². The van der Waals surface area contributed by atoms with Gasteiger partial charge in [0.25, 0.3) is 0 Å². The number of rotatable bonds is 4. The standard InChI is InChI=1S/C15H24N2O/c1-15(2,17-9-7-16-8-10-17)12-13-5-4-6-14(11-13)18-3/h4-6,11,16H,7-10,12H2,1-3H3. The molecule has 0 saturated carbocycles. The van der Waals surface area contributed by atoms with E-state index in [-0.39, 0.29) is 5.54 Å². The van der Waals surface area contributed by atoms with Gasteiger partial charge in [-0.2, -0.15) is 0 Å². The summed E-state index contributed by atoms with van der Waals surface area (Å²) >= 11 is 0. The second kappa shape index (κ2) is 5.72. The summed E-state index contributed by atoms with van der Waals surface area (Å²) < 4.78 is 5.29. The third kappa shape index (κ3) is 3.24. The summed E-state index contributed by atoms with van der Waals surface area (Å²) in [6.45, 7) is 9.13. The Morgan fingerprint density at radius 2 is 2.00 bits per heavy atom. The SMILES string of the molecule is COc1cccc(CC(C)(C)N2CCNCC2)c1. The number of nitrogens with one attached hydrogen (secondary N) is 1. The van der Waals surface area contributed by atoms with E-state index in [2.05, 4.69) is 42.3 Å². The third-order valence-corrected chi connectivity index (χ3v) is 3.74. The summed E-state index contributed by atoms with van der Waals surface area (Å²) in [5.74, 6) is 0.948. The second-order valence-electron chi connectivity index (χ2n) is 5.58. The van der Waals surface area contributed by atoms with Gasteiger partial charge in [-0.05, 0) is 38.0 Å². The van der Waals surface area contributed by atoms with Crippen molar-refractivity contribution in [2.75, 3.05) is 33.3 Å². The first-order chi connectivity index (χ1) is 8.62.